The van der Waals surface area contributed by atoms with E-state index in [-0.39, 0.29) is 36.7 Å². The quantitative estimate of drug-likeness (QED) is 0.525. The molecule has 0 saturated heterocycles. The average Bonchev–Trinajstić information content (AvgIpc) is 2.24. The largest absolute Gasteiger partial charge is 1.00 e. The first-order valence-corrected chi connectivity index (χ1v) is 6.89. The number of benzene rings is 1. The molecule has 17 heavy (non-hydrogen) atoms. The summed E-state index contributed by atoms with van der Waals surface area (Å²) in [5, 5.41) is 0. The van der Waals surface area contributed by atoms with Crippen molar-refractivity contribution in [3.63, 3.8) is 0 Å². The van der Waals surface area contributed by atoms with Gasteiger partial charge in [0.1, 0.15) is 0 Å². The fraction of sp³-hybridized carbons (Fsp3) is 0.455. The standard InChI is InChI=1S/C11H17NO3S.Na.H/c1-2-12(9-6-10-16(13,14)15)11-7-4-3-5-8-11;;/h3-5,7-8H,2,6,9-10H2,1H3,(H,13,14,15);;/q;+1;-1. The molecule has 0 aliphatic carbocycles. The van der Waals surface area contributed by atoms with Gasteiger partial charge < -0.3 is 6.33 Å². The maximum Gasteiger partial charge on any atom is 1.00 e. The van der Waals surface area contributed by atoms with Crippen LogP contribution in [0, 0.1) is 0 Å². The summed E-state index contributed by atoms with van der Waals surface area (Å²) in [6.07, 6.45) is 0.432. The van der Waals surface area contributed by atoms with Gasteiger partial charge in [-0.05, 0) is 25.5 Å². The first-order chi connectivity index (χ1) is 7.53. The zero-order valence-corrected chi connectivity index (χ0v) is 13.2. The molecule has 0 amide bonds. The Morgan fingerprint density at radius 1 is 1.29 bits per heavy atom. The van der Waals surface area contributed by atoms with E-state index in [1.807, 2.05) is 37.3 Å². The molecule has 0 aromatic heterocycles. The first-order valence-electron chi connectivity index (χ1n) is 5.28. The topological polar surface area (TPSA) is 57.6 Å². The molecule has 0 spiro atoms. The second kappa shape index (κ2) is 8.11. The van der Waals surface area contributed by atoms with Gasteiger partial charge in [0, 0.05) is 18.8 Å². The van der Waals surface area contributed by atoms with Crippen molar-refractivity contribution >= 4 is 15.8 Å². The smallest absolute Gasteiger partial charge is 1.00 e. The van der Waals surface area contributed by atoms with Crippen molar-refractivity contribution in [2.45, 2.75) is 13.3 Å². The van der Waals surface area contributed by atoms with Gasteiger partial charge in [-0.25, -0.2) is 0 Å². The van der Waals surface area contributed by atoms with Gasteiger partial charge in [0.15, 0.2) is 0 Å². The minimum absolute atomic E-state index is 0. The van der Waals surface area contributed by atoms with Crippen LogP contribution in [0.25, 0.3) is 0 Å². The zero-order valence-electron chi connectivity index (χ0n) is 11.3. The van der Waals surface area contributed by atoms with Gasteiger partial charge in [-0.15, -0.1) is 0 Å². The molecule has 0 atom stereocenters. The SMILES string of the molecule is CCN(CCCS(=O)(=O)O)c1ccccc1.[H-].[Na+]. The van der Waals surface area contributed by atoms with E-state index in [0.29, 0.717) is 13.0 Å². The van der Waals surface area contributed by atoms with Crippen LogP contribution in [0.15, 0.2) is 30.3 Å². The Hall–Kier alpha value is -0.0700. The molecule has 0 aliphatic heterocycles. The second-order valence-electron chi connectivity index (χ2n) is 3.55. The molecule has 0 fully saturated rings. The molecule has 92 valence electrons. The monoisotopic (exact) mass is 267 g/mol. The van der Waals surface area contributed by atoms with Gasteiger partial charge >= 0.3 is 29.6 Å². The van der Waals surface area contributed by atoms with E-state index in [4.69, 9.17) is 4.55 Å². The summed E-state index contributed by atoms with van der Waals surface area (Å²) in [7, 11) is -3.84. The van der Waals surface area contributed by atoms with Crippen LogP contribution in [-0.2, 0) is 10.1 Å². The van der Waals surface area contributed by atoms with Crippen molar-refractivity contribution in [1.82, 2.24) is 0 Å². The molecule has 0 radical (unpaired) electrons. The minimum atomic E-state index is -3.84. The van der Waals surface area contributed by atoms with Gasteiger partial charge in [-0.1, -0.05) is 18.2 Å². The summed E-state index contributed by atoms with van der Waals surface area (Å²) in [5.74, 6) is -0.184. The van der Waals surface area contributed by atoms with E-state index in [1.165, 1.54) is 0 Å². The average molecular weight is 267 g/mol. The molecule has 0 unspecified atom stereocenters. The molecular formula is C11H18NNaO3S. The van der Waals surface area contributed by atoms with E-state index in [9.17, 15) is 8.42 Å². The molecule has 0 heterocycles. The molecule has 6 heteroatoms. The zero-order chi connectivity index (χ0) is 12.0. The predicted octanol–water partition coefficient (Wildman–Crippen LogP) is -1.09. The molecule has 1 aromatic rings. The summed E-state index contributed by atoms with van der Waals surface area (Å²) in [6, 6.07) is 9.80. The van der Waals surface area contributed by atoms with Gasteiger partial charge in [0.25, 0.3) is 10.1 Å². The molecule has 0 saturated carbocycles. The molecule has 4 nitrogen and oxygen atoms in total. The van der Waals surface area contributed by atoms with Crippen LogP contribution >= 0.6 is 0 Å². The predicted molar refractivity (Wildman–Crippen MR) is 66.5 cm³/mol. The van der Waals surface area contributed by atoms with Crippen molar-refractivity contribution in [2.75, 3.05) is 23.7 Å². The van der Waals surface area contributed by atoms with Crippen molar-refractivity contribution < 1.29 is 44.0 Å². The third-order valence-corrected chi connectivity index (χ3v) is 3.14. The van der Waals surface area contributed by atoms with Gasteiger partial charge in [0.2, 0.25) is 0 Å². The van der Waals surface area contributed by atoms with E-state index in [2.05, 4.69) is 4.90 Å². The number of nitrogens with zero attached hydrogens (tertiary/aromatic N) is 1. The van der Waals surface area contributed by atoms with E-state index < -0.39 is 10.1 Å². The third kappa shape index (κ3) is 7.06. The molecule has 0 bridgehead atoms. The Kier molecular flexibility index (Phi) is 8.07. The Bertz CT molecular complexity index is 414. The van der Waals surface area contributed by atoms with E-state index in [1.54, 1.807) is 0 Å². The maximum atomic E-state index is 10.6. The Morgan fingerprint density at radius 3 is 2.35 bits per heavy atom. The molecular weight excluding hydrogens is 249 g/mol. The van der Waals surface area contributed by atoms with Crippen LogP contribution in [0.1, 0.15) is 14.8 Å². The molecule has 1 aromatic carbocycles. The Morgan fingerprint density at radius 2 is 1.88 bits per heavy atom. The van der Waals surface area contributed by atoms with Crippen LogP contribution in [0.3, 0.4) is 0 Å². The van der Waals surface area contributed by atoms with Crippen LogP contribution < -0.4 is 34.5 Å². The maximum absolute atomic E-state index is 10.6. The van der Waals surface area contributed by atoms with Crippen LogP contribution in [0.2, 0.25) is 0 Å². The van der Waals surface area contributed by atoms with Crippen LogP contribution in [0.4, 0.5) is 5.69 Å². The van der Waals surface area contributed by atoms with E-state index in [0.717, 1.165) is 12.2 Å². The van der Waals surface area contributed by atoms with Crippen molar-refractivity contribution in [2.24, 2.45) is 0 Å². The first kappa shape index (κ1) is 16.9. The number of para-hydroxylation sites is 1. The number of anilines is 1. The fourth-order valence-corrected chi connectivity index (χ4v) is 2.04. The molecule has 1 N–H and O–H groups in total. The Balaban J connectivity index is 0. The minimum Gasteiger partial charge on any atom is -1.00 e. The van der Waals surface area contributed by atoms with Crippen LogP contribution in [0.5, 0.6) is 0 Å². The summed E-state index contributed by atoms with van der Waals surface area (Å²) in [6.45, 7) is 3.45. The number of hydrogen-bond acceptors (Lipinski definition) is 3. The summed E-state index contributed by atoms with van der Waals surface area (Å²) >= 11 is 0. The van der Waals surface area contributed by atoms with Crippen molar-refractivity contribution in [1.29, 1.82) is 0 Å². The fourth-order valence-electron chi connectivity index (χ4n) is 1.55. The van der Waals surface area contributed by atoms with E-state index >= 15 is 0 Å². The van der Waals surface area contributed by atoms with Crippen molar-refractivity contribution in [3.8, 4) is 0 Å². The summed E-state index contributed by atoms with van der Waals surface area (Å²) in [4.78, 5) is 2.07. The van der Waals surface area contributed by atoms with Gasteiger partial charge in [0.05, 0.1) is 5.75 Å². The normalized spacial score (nSPS) is 10.7. The summed E-state index contributed by atoms with van der Waals surface area (Å²) in [5.41, 5.74) is 1.07. The second-order valence-corrected chi connectivity index (χ2v) is 5.13. The Labute approximate surface area is 127 Å². The number of rotatable bonds is 6. The number of hydrogen-bond donors (Lipinski definition) is 1. The van der Waals surface area contributed by atoms with Gasteiger partial charge in [-0.3, -0.25) is 4.55 Å². The third-order valence-electron chi connectivity index (χ3n) is 2.33. The van der Waals surface area contributed by atoms with Gasteiger partial charge in [-0.2, -0.15) is 8.42 Å². The molecule has 0 aliphatic rings. The van der Waals surface area contributed by atoms with Crippen molar-refractivity contribution in [3.05, 3.63) is 30.3 Å². The van der Waals surface area contributed by atoms with Crippen LogP contribution in [-0.4, -0.2) is 31.8 Å². The summed E-state index contributed by atoms with van der Waals surface area (Å²) < 4.78 is 29.8. The molecule has 1 rings (SSSR count).